The molecule has 2 amide bonds. The summed E-state index contributed by atoms with van der Waals surface area (Å²) in [6, 6.07) is 15.1. The number of carbonyl (C=O) groups excluding carboxylic acids is 2. The Morgan fingerprint density at radius 1 is 1.04 bits per heavy atom. The van der Waals surface area contributed by atoms with E-state index < -0.39 is 0 Å². The number of hydrogen-bond donors (Lipinski definition) is 1. The molecule has 2 aromatic carbocycles. The number of amides is 2. The summed E-state index contributed by atoms with van der Waals surface area (Å²) >= 11 is 0. The first-order chi connectivity index (χ1) is 11.0. The summed E-state index contributed by atoms with van der Waals surface area (Å²) in [5.41, 5.74) is 3.64. The van der Waals surface area contributed by atoms with Crippen molar-refractivity contribution in [1.82, 2.24) is 4.90 Å². The van der Waals surface area contributed by atoms with Crippen molar-refractivity contribution < 1.29 is 9.59 Å². The maximum atomic E-state index is 12.7. The van der Waals surface area contributed by atoms with Crippen molar-refractivity contribution in [3.05, 3.63) is 65.2 Å². The zero-order valence-electron chi connectivity index (χ0n) is 13.8. The third kappa shape index (κ3) is 4.42. The lowest BCUT2D eigenvalue weighted by Crippen LogP contribution is -2.30. The van der Waals surface area contributed by atoms with Crippen molar-refractivity contribution in [3.8, 4) is 0 Å². The van der Waals surface area contributed by atoms with E-state index in [1.807, 2.05) is 30.0 Å². The van der Waals surface area contributed by atoms with E-state index in [9.17, 15) is 9.59 Å². The lowest BCUT2D eigenvalue weighted by Gasteiger charge is -2.22. The lowest BCUT2D eigenvalue weighted by molar-refractivity contribution is -0.114. The third-order valence-corrected chi connectivity index (χ3v) is 3.74. The monoisotopic (exact) mass is 310 g/mol. The molecular weight excluding hydrogens is 288 g/mol. The zero-order chi connectivity index (χ0) is 16.8. The van der Waals surface area contributed by atoms with Gasteiger partial charge in [-0.3, -0.25) is 9.59 Å². The number of nitrogens with one attached hydrogen (secondary N) is 1. The zero-order valence-corrected chi connectivity index (χ0v) is 13.8. The number of anilines is 1. The number of benzene rings is 2. The van der Waals surface area contributed by atoms with Crippen LogP contribution in [0.1, 0.15) is 35.3 Å². The Hall–Kier alpha value is -2.62. The van der Waals surface area contributed by atoms with Crippen LogP contribution in [-0.2, 0) is 11.3 Å². The van der Waals surface area contributed by atoms with Crippen molar-refractivity contribution in [2.75, 3.05) is 11.9 Å². The number of hydrogen-bond acceptors (Lipinski definition) is 2. The fourth-order valence-electron chi connectivity index (χ4n) is 2.40. The number of aryl methyl sites for hydroxylation is 1. The summed E-state index contributed by atoms with van der Waals surface area (Å²) in [5, 5.41) is 2.70. The van der Waals surface area contributed by atoms with Crippen molar-refractivity contribution in [1.29, 1.82) is 0 Å². The Bertz CT molecular complexity index is 693. The maximum Gasteiger partial charge on any atom is 0.254 e. The molecule has 0 atom stereocenters. The molecule has 0 saturated heterocycles. The van der Waals surface area contributed by atoms with Gasteiger partial charge >= 0.3 is 0 Å². The summed E-state index contributed by atoms with van der Waals surface area (Å²) in [5.74, 6) is -0.135. The number of rotatable bonds is 5. The molecule has 0 aliphatic heterocycles. The molecule has 0 aliphatic carbocycles. The second kappa shape index (κ2) is 7.58. The quantitative estimate of drug-likeness (QED) is 0.917. The number of nitrogens with zero attached hydrogens (tertiary/aromatic N) is 1. The average molecular weight is 310 g/mol. The van der Waals surface area contributed by atoms with Gasteiger partial charge in [-0.1, -0.05) is 24.3 Å². The first-order valence-corrected chi connectivity index (χ1v) is 7.72. The van der Waals surface area contributed by atoms with E-state index in [2.05, 4.69) is 18.3 Å². The minimum Gasteiger partial charge on any atom is -0.335 e. The van der Waals surface area contributed by atoms with Gasteiger partial charge in [0, 0.05) is 31.3 Å². The van der Waals surface area contributed by atoms with Gasteiger partial charge in [-0.15, -0.1) is 0 Å². The van der Waals surface area contributed by atoms with E-state index in [1.54, 1.807) is 24.3 Å². The molecule has 2 aromatic rings. The van der Waals surface area contributed by atoms with Crippen molar-refractivity contribution in [3.63, 3.8) is 0 Å². The molecule has 0 bridgehead atoms. The molecule has 1 N–H and O–H groups in total. The van der Waals surface area contributed by atoms with E-state index >= 15 is 0 Å². The molecule has 2 rings (SSSR count). The summed E-state index contributed by atoms with van der Waals surface area (Å²) < 4.78 is 0. The molecule has 23 heavy (non-hydrogen) atoms. The van der Waals surface area contributed by atoms with Crippen molar-refractivity contribution >= 4 is 17.5 Å². The molecule has 4 heteroatoms. The fourth-order valence-corrected chi connectivity index (χ4v) is 2.40. The Labute approximate surface area is 137 Å². The largest absolute Gasteiger partial charge is 0.335 e. The van der Waals surface area contributed by atoms with Gasteiger partial charge in [0.05, 0.1) is 0 Å². The van der Waals surface area contributed by atoms with E-state index in [0.717, 1.165) is 5.56 Å². The second-order valence-corrected chi connectivity index (χ2v) is 5.50. The Morgan fingerprint density at radius 2 is 1.70 bits per heavy atom. The van der Waals surface area contributed by atoms with Crippen LogP contribution < -0.4 is 5.32 Å². The molecule has 0 heterocycles. The van der Waals surface area contributed by atoms with Crippen LogP contribution in [0.2, 0.25) is 0 Å². The highest BCUT2D eigenvalue weighted by molar-refractivity contribution is 5.95. The van der Waals surface area contributed by atoms with E-state index in [0.29, 0.717) is 24.3 Å². The van der Waals surface area contributed by atoms with Crippen LogP contribution in [0.5, 0.6) is 0 Å². The van der Waals surface area contributed by atoms with Crippen LogP contribution in [0.25, 0.3) is 0 Å². The van der Waals surface area contributed by atoms with Gasteiger partial charge < -0.3 is 10.2 Å². The predicted molar refractivity (Wildman–Crippen MR) is 92.3 cm³/mol. The second-order valence-electron chi connectivity index (χ2n) is 5.50. The molecule has 4 nitrogen and oxygen atoms in total. The predicted octanol–water partition coefficient (Wildman–Crippen LogP) is 3.62. The van der Waals surface area contributed by atoms with Crippen molar-refractivity contribution in [2.45, 2.75) is 27.3 Å². The van der Waals surface area contributed by atoms with Gasteiger partial charge in [0.2, 0.25) is 5.91 Å². The Kier molecular flexibility index (Phi) is 5.52. The lowest BCUT2D eigenvalue weighted by atomic mass is 10.1. The molecule has 0 spiro atoms. The Morgan fingerprint density at radius 3 is 2.26 bits per heavy atom. The van der Waals surface area contributed by atoms with Gasteiger partial charge in [-0.2, -0.15) is 0 Å². The van der Waals surface area contributed by atoms with Gasteiger partial charge in [0.25, 0.3) is 5.91 Å². The van der Waals surface area contributed by atoms with Crippen LogP contribution in [0, 0.1) is 6.92 Å². The van der Waals surface area contributed by atoms with Crippen LogP contribution in [0.3, 0.4) is 0 Å². The molecule has 0 aromatic heterocycles. The molecule has 120 valence electrons. The molecule has 0 unspecified atom stereocenters. The van der Waals surface area contributed by atoms with E-state index in [-0.39, 0.29) is 11.8 Å². The molecule has 0 saturated carbocycles. The summed E-state index contributed by atoms with van der Waals surface area (Å²) in [6.45, 7) is 6.72. The van der Waals surface area contributed by atoms with Crippen LogP contribution in [0.15, 0.2) is 48.5 Å². The normalized spacial score (nSPS) is 10.2. The van der Waals surface area contributed by atoms with E-state index in [1.165, 1.54) is 12.5 Å². The highest BCUT2D eigenvalue weighted by Crippen LogP contribution is 2.15. The van der Waals surface area contributed by atoms with Gasteiger partial charge in [-0.25, -0.2) is 0 Å². The third-order valence-electron chi connectivity index (χ3n) is 3.74. The van der Waals surface area contributed by atoms with Gasteiger partial charge in [0.15, 0.2) is 0 Å². The van der Waals surface area contributed by atoms with Crippen LogP contribution in [-0.4, -0.2) is 23.3 Å². The molecule has 0 fully saturated rings. The first-order valence-electron chi connectivity index (χ1n) is 7.72. The minimum absolute atomic E-state index is 0.00914. The Balaban J connectivity index is 2.13. The van der Waals surface area contributed by atoms with Crippen LogP contribution in [0.4, 0.5) is 5.69 Å². The number of carbonyl (C=O) groups is 2. The minimum atomic E-state index is -0.126. The molecule has 0 aliphatic rings. The SMILES string of the molecule is CCN(Cc1ccccc1C)C(=O)c1ccc(NC(C)=O)cc1. The summed E-state index contributed by atoms with van der Waals surface area (Å²) in [7, 11) is 0. The smallest absolute Gasteiger partial charge is 0.254 e. The van der Waals surface area contributed by atoms with E-state index in [4.69, 9.17) is 0 Å². The highest BCUT2D eigenvalue weighted by Gasteiger charge is 2.15. The highest BCUT2D eigenvalue weighted by atomic mass is 16.2. The molecule has 0 radical (unpaired) electrons. The summed E-state index contributed by atoms with van der Waals surface area (Å²) in [6.07, 6.45) is 0. The molecular formula is C19H22N2O2. The maximum absolute atomic E-state index is 12.7. The fraction of sp³-hybridized carbons (Fsp3) is 0.263. The van der Waals surface area contributed by atoms with Crippen LogP contribution >= 0.6 is 0 Å². The summed E-state index contributed by atoms with van der Waals surface area (Å²) in [4.78, 5) is 25.5. The average Bonchev–Trinajstić information content (AvgIpc) is 2.54. The van der Waals surface area contributed by atoms with Crippen molar-refractivity contribution in [2.24, 2.45) is 0 Å². The van der Waals surface area contributed by atoms with Gasteiger partial charge in [0.1, 0.15) is 0 Å². The topological polar surface area (TPSA) is 49.4 Å². The van der Waals surface area contributed by atoms with Gasteiger partial charge in [-0.05, 0) is 49.2 Å². The standard InChI is InChI=1S/C19H22N2O2/c1-4-21(13-17-8-6-5-7-14(17)2)19(23)16-9-11-18(12-10-16)20-15(3)22/h5-12H,4,13H2,1-3H3,(H,20,22). The first kappa shape index (κ1) is 16.7.